The molecule has 0 saturated heterocycles. The second kappa shape index (κ2) is 6.48. The highest BCUT2D eigenvalue weighted by molar-refractivity contribution is 7.80. The van der Waals surface area contributed by atoms with E-state index in [1.54, 1.807) is 6.07 Å². The van der Waals surface area contributed by atoms with Crippen LogP contribution < -0.4 is 10.6 Å². The molecule has 0 unspecified atom stereocenters. The Kier molecular flexibility index (Phi) is 4.69. The van der Waals surface area contributed by atoms with E-state index in [-0.39, 0.29) is 5.82 Å². The lowest BCUT2D eigenvalue weighted by atomic mass is 10.1. The molecule has 2 nitrogen and oxygen atoms in total. The van der Waals surface area contributed by atoms with E-state index in [0.717, 1.165) is 23.4 Å². The number of hydrogen-bond donors (Lipinski definition) is 1. The number of nitrogens with zero attached hydrogens (tertiary/aromatic N) is 1. The van der Waals surface area contributed by atoms with E-state index in [9.17, 15) is 4.39 Å². The van der Waals surface area contributed by atoms with Gasteiger partial charge < -0.3 is 10.6 Å². The Labute approximate surface area is 124 Å². The molecule has 20 heavy (non-hydrogen) atoms. The summed E-state index contributed by atoms with van der Waals surface area (Å²) in [6, 6.07) is 14.5. The lowest BCUT2D eigenvalue weighted by Crippen LogP contribution is -2.24. The van der Waals surface area contributed by atoms with Crippen LogP contribution in [0.15, 0.2) is 48.5 Å². The molecule has 0 aliphatic rings. The average Bonchev–Trinajstić information content (AvgIpc) is 2.45. The molecule has 0 aliphatic carbocycles. The number of halogens is 1. The fourth-order valence-electron chi connectivity index (χ4n) is 2.16. The highest BCUT2D eigenvalue weighted by Crippen LogP contribution is 2.19. The zero-order valence-electron chi connectivity index (χ0n) is 11.3. The number of anilines is 1. The molecule has 4 heteroatoms. The molecule has 0 radical (unpaired) electrons. The van der Waals surface area contributed by atoms with Crippen LogP contribution in [0.25, 0.3) is 0 Å². The van der Waals surface area contributed by atoms with Crippen molar-refractivity contribution in [2.45, 2.75) is 13.5 Å². The maximum absolute atomic E-state index is 13.5. The SMILES string of the molecule is CCN(Cc1cc(F)ccc1C(N)=S)c1ccccc1. The quantitative estimate of drug-likeness (QED) is 0.854. The molecule has 0 spiro atoms. The fourth-order valence-corrected chi connectivity index (χ4v) is 2.36. The van der Waals surface area contributed by atoms with Crippen molar-refractivity contribution in [1.29, 1.82) is 0 Å². The number of thiocarbonyl (C=S) groups is 1. The van der Waals surface area contributed by atoms with E-state index < -0.39 is 0 Å². The first-order valence-corrected chi connectivity index (χ1v) is 6.91. The average molecular weight is 288 g/mol. The molecule has 0 aliphatic heterocycles. The standard InChI is InChI=1S/C16H17FN2S/c1-2-19(14-6-4-3-5-7-14)11-12-10-13(17)8-9-15(12)16(18)20/h3-10H,2,11H2,1H3,(H2,18,20). The molecule has 2 aromatic rings. The first kappa shape index (κ1) is 14.5. The van der Waals surface area contributed by atoms with Crippen molar-refractivity contribution in [2.75, 3.05) is 11.4 Å². The lowest BCUT2D eigenvalue weighted by molar-refractivity contribution is 0.624. The van der Waals surface area contributed by atoms with E-state index in [2.05, 4.69) is 11.8 Å². The van der Waals surface area contributed by atoms with Crippen molar-refractivity contribution in [3.05, 3.63) is 65.5 Å². The lowest BCUT2D eigenvalue weighted by Gasteiger charge is -2.24. The van der Waals surface area contributed by atoms with Crippen LogP contribution in [-0.2, 0) is 6.54 Å². The van der Waals surface area contributed by atoms with Gasteiger partial charge in [0.2, 0.25) is 0 Å². The Morgan fingerprint density at radius 3 is 2.50 bits per heavy atom. The Morgan fingerprint density at radius 2 is 1.90 bits per heavy atom. The molecular formula is C16H17FN2S. The van der Waals surface area contributed by atoms with Gasteiger partial charge in [-0.3, -0.25) is 0 Å². The van der Waals surface area contributed by atoms with Crippen molar-refractivity contribution in [3.63, 3.8) is 0 Å². The molecule has 2 N–H and O–H groups in total. The zero-order chi connectivity index (χ0) is 14.5. The largest absolute Gasteiger partial charge is 0.389 e. The van der Waals surface area contributed by atoms with Gasteiger partial charge in [0.1, 0.15) is 10.8 Å². The topological polar surface area (TPSA) is 29.3 Å². The number of benzene rings is 2. The van der Waals surface area contributed by atoms with Crippen molar-refractivity contribution in [1.82, 2.24) is 0 Å². The maximum Gasteiger partial charge on any atom is 0.123 e. The molecule has 0 fully saturated rings. The third kappa shape index (κ3) is 3.33. The van der Waals surface area contributed by atoms with E-state index in [1.807, 2.05) is 30.3 Å². The number of hydrogen-bond acceptors (Lipinski definition) is 2. The van der Waals surface area contributed by atoms with Crippen LogP contribution in [-0.4, -0.2) is 11.5 Å². The molecule has 0 atom stereocenters. The summed E-state index contributed by atoms with van der Waals surface area (Å²) >= 11 is 5.04. The van der Waals surface area contributed by atoms with Gasteiger partial charge in [-0.05, 0) is 42.8 Å². The molecular weight excluding hydrogens is 271 g/mol. The van der Waals surface area contributed by atoms with Crippen molar-refractivity contribution in [3.8, 4) is 0 Å². The third-order valence-corrected chi connectivity index (χ3v) is 3.42. The Hall–Kier alpha value is -1.94. The van der Waals surface area contributed by atoms with Crippen molar-refractivity contribution < 1.29 is 4.39 Å². The first-order valence-electron chi connectivity index (χ1n) is 6.50. The predicted octanol–water partition coefficient (Wildman–Crippen LogP) is 3.49. The van der Waals surface area contributed by atoms with Gasteiger partial charge in [0, 0.05) is 24.3 Å². The number of nitrogens with two attached hydrogens (primary N) is 1. The van der Waals surface area contributed by atoms with Gasteiger partial charge in [-0.1, -0.05) is 30.4 Å². The van der Waals surface area contributed by atoms with Crippen LogP contribution in [0.4, 0.5) is 10.1 Å². The van der Waals surface area contributed by atoms with Gasteiger partial charge in [-0.15, -0.1) is 0 Å². The molecule has 0 heterocycles. The van der Waals surface area contributed by atoms with Crippen molar-refractivity contribution in [2.24, 2.45) is 5.73 Å². The highest BCUT2D eigenvalue weighted by Gasteiger charge is 2.11. The monoisotopic (exact) mass is 288 g/mol. The summed E-state index contributed by atoms with van der Waals surface area (Å²) in [6.45, 7) is 3.45. The van der Waals surface area contributed by atoms with E-state index >= 15 is 0 Å². The highest BCUT2D eigenvalue weighted by atomic mass is 32.1. The first-order chi connectivity index (χ1) is 9.61. The van der Waals surface area contributed by atoms with E-state index in [4.69, 9.17) is 18.0 Å². The summed E-state index contributed by atoms with van der Waals surface area (Å²) in [5, 5.41) is 0. The van der Waals surface area contributed by atoms with Gasteiger partial charge in [0.25, 0.3) is 0 Å². The minimum Gasteiger partial charge on any atom is -0.389 e. The predicted molar refractivity (Wildman–Crippen MR) is 85.5 cm³/mol. The summed E-state index contributed by atoms with van der Waals surface area (Å²) in [6.07, 6.45) is 0. The van der Waals surface area contributed by atoms with Gasteiger partial charge in [-0.25, -0.2) is 4.39 Å². The van der Waals surface area contributed by atoms with Gasteiger partial charge in [0.05, 0.1) is 0 Å². The fraction of sp³-hybridized carbons (Fsp3) is 0.188. The molecule has 0 saturated carbocycles. The minimum absolute atomic E-state index is 0.274. The van der Waals surface area contributed by atoms with Crippen LogP contribution in [0.3, 0.4) is 0 Å². The Morgan fingerprint density at radius 1 is 1.20 bits per heavy atom. The summed E-state index contributed by atoms with van der Waals surface area (Å²) in [5.74, 6) is -0.274. The summed E-state index contributed by atoms with van der Waals surface area (Å²) < 4.78 is 13.5. The van der Waals surface area contributed by atoms with Crippen LogP contribution >= 0.6 is 12.2 Å². The smallest absolute Gasteiger partial charge is 0.123 e. The minimum atomic E-state index is -0.274. The molecule has 2 rings (SSSR count). The second-order valence-corrected chi connectivity index (χ2v) is 4.96. The normalized spacial score (nSPS) is 10.3. The third-order valence-electron chi connectivity index (χ3n) is 3.20. The van der Waals surface area contributed by atoms with Gasteiger partial charge >= 0.3 is 0 Å². The Bertz CT molecular complexity index is 599. The molecule has 0 amide bonds. The van der Waals surface area contributed by atoms with Gasteiger partial charge in [0.15, 0.2) is 0 Å². The number of rotatable bonds is 5. The van der Waals surface area contributed by atoms with Crippen LogP contribution in [0.1, 0.15) is 18.1 Å². The second-order valence-electron chi connectivity index (χ2n) is 4.52. The Balaban J connectivity index is 2.32. The zero-order valence-corrected chi connectivity index (χ0v) is 12.2. The molecule has 0 bridgehead atoms. The van der Waals surface area contributed by atoms with Crippen LogP contribution in [0.5, 0.6) is 0 Å². The van der Waals surface area contributed by atoms with Crippen LogP contribution in [0, 0.1) is 5.82 Å². The van der Waals surface area contributed by atoms with E-state index in [1.165, 1.54) is 12.1 Å². The number of para-hydroxylation sites is 1. The molecule has 0 aromatic heterocycles. The molecule has 104 valence electrons. The summed E-state index contributed by atoms with van der Waals surface area (Å²) in [5.41, 5.74) is 8.34. The molecule has 2 aromatic carbocycles. The summed E-state index contributed by atoms with van der Waals surface area (Å²) in [4.78, 5) is 2.44. The summed E-state index contributed by atoms with van der Waals surface area (Å²) in [7, 11) is 0. The van der Waals surface area contributed by atoms with Gasteiger partial charge in [-0.2, -0.15) is 0 Å². The van der Waals surface area contributed by atoms with Crippen molar-refractivity contribution >= 4 is 22.9 Å². The van der Waals surface area contributed by atoms with Crippen LogP contribution in [0.2, 0.25) is 0 Å². The maximum atomic E-state index is 13.5. The van der Waals surface area contributed by atoms with E-state index in [0.29, 0.717) is 11.5 Å².